The molecule has 0 unspecified atom stereocenters. The average molecular weight is 241 g/mol. The highest BCUT2D eigenvalue weighted by Crippen LogP contribution is 2.23. The van der Waals surface area contributed by atoms with Gasteiger partial charge in [-0.2, -0.15) is 0 Å². The molecule has 1 aromatic rings. The van der Waals surface area contributed by atoms with E-state index in [1.165, 1.54) is 11.1 Å². The SMILES string of the molecule is CCc1cccc(CCC(F)(F)CN)c1CC. The molecule has 0 amide bonds. The van der Waals surface area contributed by atoms with Gasteiger partial charge in [-0.1, -0.05) is 32.0 Å². The fraction of sp³-hybridized carbons (Fsp3) is 0.571. The molecule has 0 fully saturated rings. The van der Waals surface area contributed by atoms with E-state index in [9.17, 15) is 8.78 Å². The van der Waals surface area contributed by atoms with E-state index in [0.717, 1.165) is 18.4 Å². The maximum atomic E-state index is 13.1. The molecule has 0 aliphatic rings. The van der Waals surface area contributed by atoms with Gasteiger partial charge in [0.1, 0.15) is 0 Å². The third-order valence-electron chi connectivity index (χ3n) is 3.16. The molecular formula is C14H21F2N. The minimum atomic E-state index is -2.74. The predicted molar refractivity (Wildman–Crippen MR) is 67.5 cm³/mol. The normalized spacial score (nSPS) is 11.8. The Kier molecular flexibility index (Phi) is 5.06. The van der Waals surface area contributed by atoms with Crippen molar-refractivity contribution < 1.29 is 8.78 Å². The van der Waals surface area contributed by atoms with Crippen LogP contribution in [0.2, 0.25) is 0 Å². The molecular weight excluding hydrogens is 220 g/mol. The average Bonchev–Trinajstić information content (AvgIpc) is 2.35. The molecule has 1 nitrogen and oxygen atoms in total. The van der Waals surface area contributed by atoms with Crippen molar-refractivity contribution >= 4 is 0 Å². The van der Waals surface area contributed by atoms with Crippen LogP contribution in [0.4, 0.5) is 8.78 Å². The summed E-state index contributed by atoms with van der Waals surface area (Å²) in [6, 6.07) is 5.97. The molecule has 96 valence electrons. The van der Waals surface area contributed by atoms with Crippen LogP contribution in [0.5, 0.6) is 0 Å². The van der Waals surface area contributed by atoms with Crippen molar-refractivity contribution in [3.63, 3.8) is 0 Å². The summed E-state index contributed by atoms with van der Waals surface area (Å²) in [5, 5.41) is 0. The van der Waals surface area contributed by atoms with E-state index >= 15 is 0 Å². The minimum Gasteiger partial charge on any atom is -0.325 e. The zero-order valence-electron chi connectivity index (χ0n) is 10.6. The van der Waals surface area contributed by atoms with E-state index in [4.69, 9.17) is 5.73 Å². The van der Waals surface area contributed by atoms with E-state index in [1.807, 2.05) is 12.1 Å². The van der Waals surface area contributed by atoms with E-state index < -0.39 is 12.5 Å². The second kappa shape index (κ2) is 6.10. The number of hydrogen-bond acceptors (Lipinski definition) is 1. The summed E-state index contributed by atoms with van der Waals surface area (Å²) in [6.45, 7) is 3.59. The summed E-state index contributed by atoms with van der Waals surface area (Å²) in [7, 11) is 0. The van der Waals surface area contributed by atoms with Crippen molar-refractivity contribution in [1.29, 1.82) is 0 Å². The van der Waals surface area contributed by atoms with Crippen LogP contribution < -0.4 is 5.73 Å². The fourth-order valence-electron chi connectivity index (χ4n) is 2.13. The molecule has 3 heteroatoms. The van der Waals surface area contributed by atoms with Gasteiger partial charge in [-0.15, -0.1) is 0 Å². The molecule has 0 spiro atoms. The van der Waals surface area contributed by atoms with Crippen LogP contribution in [0.15, 0.2) is 18.2 Å². The van der Waals surface area contributed by atoms with Gasteiger partial charge in [0, 0.05) is 6.42 Å². The molecule has 0 bridgehead atoms. The number of nitrogens with two attached hydrogens (primary N) is 1. The van der Waals surface area contributed by atoms with Crippen LogP contribution in [0, 0.1) is 0 Å². The molecule has 0 heterocycles. The van der Waals surface area contributed by atoms with E-state index in [-0.39, 0.29) is 6.42 Å². The van der Waals surface area contributed by atoms with Gasteiger partial charge in [0.15, 0.2) is 0 Å². The summed E-state index contributed by atoms with van der Waals surface area (Å²) in [5.41, 5.74) is 8.58. The van der Waals surface area contributed by atoms with Crippen molar-refractivity contribution in [3.8, 4) is 0 Å². The Labute approximate surface area is 102 Å². The topological polar surface area (TPSA) is 26.0 Å². The van der Waals surface area contributed by atoms with Gasteiger partial charge in [0.25, 0.3) is 5.92 Å². The summed E-state index contributed by atoms with van der Waals surface area (Å²) in [4.78, 5) is 0. The van der Waals surface area contributed by atoms with Gasteiger partial charge in [-0.25, -0.2) is 8.78 Å². The Morgan fingerprint density at radius 1 is 1.12 bits per heavy atom. The molecule has 0 atom stereocenters. The van der Waals surface area contributed by atoms with E-state index in [0.29, 0.717) is 6.42 Å². The lowest BCUT2D eigenvalue weighted by Gasteiger charge is -2.16. The summed E-state index contributed by atoms with van der Waals surface area (Å²) in [5.74, 6) is -2.74. The van der Waals surface area contributed by atoms with Gasteiger partial charge < -0.3 is 5.73 Å². The lowest BCUT2D eigenvalue weighted by molar-refractivity contribution is 0.00242. The Bertz CT molecular complexity index is 361. The highest BCUT2D eigenvalue weighted by molar-refractivity contribution is 5.35. The van der Waals surface area contributed by atoms with Gasteiger partial charge in [0.2, 0.25) is 0 Å². The smallest absolute Gasteiger partial charge is 0.260 e. The zero-order chi connectivity index (χ0) is 12.9. The molecule has 1 aromatic carbocycles. The molecule has 2 N–H and O–H groups in total. The van der Waals surface area contributed by atoms with Crippen molar-refractivity contribution in [2.45, 2.75) is 45.5 Å². The first-order valence-corrected chi connectivity index (χ1v) is 6.21. The maximum Gasteiger partial charge on any atom is 0.260 e. The molecule has 0 radical (unpaired) electrons. The molecule has 0 aliphatic heterocycles. The minimum absolute atomic E-state index is 0.163. The van der Waals surface area contributed by atoms with Gasteiger partial charge in [0.05, 0.1) is 6.54 Å². The predicted octanol–water partition coefficient (Wildman–Crippen LogP) is 3.34. The molecule has 0 aromatic heterocycles. The molecule has 1 rings (SSSR count). The van der Waals surface area contributed by atoms with E-state index in [1.54, 1.807) is 0 Å². The van der Waals surface area contributed by atoms with Gasteiger partial charge in [-0.05, 0) is 36.0 Å². The van der Waals surface area contributed by atoms with Crippen LogP contribution in [0.1, 0.15) is 37.0 Å². The largest absolute Gasteiger partial charge is 0.325 e. The Hall–Kier alpha value is -0.960. The summed E-state index contributed by atoms with van der Waals surface area (Å²) in [6.07, 6.45) is 2.09. The Balaban J connectivity index is 2.84. The van der Waals surface area contributed by atoms with Crippen molar-refractivity contribution in [2.75, 3.05) is 6.54 Å². The monoisotopic (exact) mass is 241 g/mol. The highest BCUT2D eigenvalue weighted by Gasteiger charge is 2.26. The van der Waals surface area contributed by atoms with Crippen LogP contribution in [0.25, 0.3) is 0 Å². The first-order valence-electron chi connectivity index (χ1n) is 6.21. The summed E-state index contributed by atoms with van der Waals surface area (Å²) >= 11 is 0. The van der Waals surface area contributed by atoms with Crippen LogP contribution in [-0.4, -0.2) is 12.5 Å². The number of aryl methyl sites for hydroxylation is 2. The lowest BCUT2D eigenvalue weighted by atomic mass is 9.93. The number of hydrogen-bond donors (Lipinski definition) is 1. The Morgan fingerprint density at radius 3 is 2.29 bits per heavy atom. The maximum absolute atomic E-state index is 13.1. The Morgan fingerprint density at radius 2 is 1.76 bits per heavy atom. The molecule has 17 heavy (non-hydrogen) atoms. The molecule has 0 saturated heterocycles. The number of alkyl halides is 2. The van der Waals surface area contributed by atoms with Crippen molar-refractivity contribution in [3.05, 3.63) is 34.9 Å². The standard InChI is InChI=1S/C14H21F2N/c1-3-11-6-5-7-12(13(11)4-2)8-9-14(15,16)10-17/h5-7H,3-4,8-10,17H2,1-2H3. The fourth-order valence-corrected chi connectivity index (χ4v) is 2.13. The van der Waals surface area contributed by atoms with Crippen molar-refractivity contribution in [1.82, 2.24) is 0 Å². The quantitative estimate of drug-likeness (QED) is 0.812. The highest BCUT2D eigenvalue weighted by atomic mass is 19.3. The third-order valence-corrected chi connectivity index (χ3v) is 3.16. The van der Waals surface area contributed by atoms with E-state index in [2.05, 4.69) is 19.9 Å². The first kappa shape index (κ1) is 14.1. The number of benzene rings is 1. The van der Waals surface area contributed by atoms with Gasteiger partial charge >= 0.3 is 0 Å². The molecule has 0 saturated carbocycles. The number of rotatable bonds is 6. The second-order valence-corrected chi connectivity index (χ2v) is 4.32. The summed E-state index contributed by atoms with van der Waals surface area (Å²) < 4.78 is 26.3. The van der Waals surface area contributed by atoms with Crippen LogP contribution in [-0.2, 0) is 19.3 Å². The van der Waals surface area contributed by atoms with Crippen molar-refractivity contribution in [2.24, 2.45) is 5.73 Å². The number of halogens is 2. The second-order valence-electron chi connectivity index (χ2n) is 4.32. The van der Waals surface area contributed by atoms with Crippen LogP contribution in [0.3, 0.4) is 0 Å². The van der Waals surface area contributed by atoms with Crippen LogP contribution >= 0.6 is 0 Å². The molecule has 0 aliphatic carbocycles. The third kappa shape index (κ3) is 3.77. The lowest BCUT2D eigenvalue weighted by Crippen LogP contribution is -2.28. The van der Waals surface area contributed by atoms with Gasteiger partial charge in [-0.3, -0.25) is 0 Å². The zero-order valence-corrected chi connectivity index (χ0v) is 10.6. The first-order chi connectivity index (χ1) is 8.04.